The van der Waals surface area contributed by atoms with Crippen LogP contribution < -0.4 is 16.1 Å². The Hall–Kier alpha value is -3.07. The Balaban J connectivity index is 2.28. The highest BCUT2D eigenvalue weighted by atomic mass is 19.3. The fourth-order valence-corrected chi connectivity index (χ4v) is 3.38. The van der Waals surface area contributed by atoms with Gasteiger partial charge in [0.15, 0.2) is 0 Å². The van der Waals surface area contributed by atoms with Gasteiger partial charge in [0.25, 0.3) is 0 Å². The molecular weight excluding hydrogens is 408 g/mol. The van der Waals surface area contributed by atoms with E-state index in [2.05, 4.69) is 10.6 Å². The third kappa shape index (κ3) is 5.97. The molecule has 31 heavy (non-hydrogen) atoms. The Morgan fingerprint density at radius 3 is 2.26 bits per heavy atom. The van der Waals surface area contributed by atoms with Gasteiger partial charge in [-0.2, -0.15) is 8.78 Å². The van der Waals surface area contributed by atoms with E-state index >= 15 is 0 Å². The van der Waals surface area contributed by atoms with Crippen molar-refractivity contribution in [3.05, 3.63) is 48.0 Å². The topological polar surface area (TPSA) is 108 Å². The third-order valence-corrected chi connectivity index (χ3v) is 5.00. The SMILES string of the molecule is CNC(=O)[C@H](Cc1ccc2ccccc2c1)NC(=O)[C@H](CC(C)C)C(F)(F)C(=O)NO. The second-order valence-corrected chi connectivity index (χ2v) is 7.81. The lowest BCUT2D eigenvalue weighted by Crippen LogP contribution is -2.55. The molecule has 0 radical (unpaired) electrons. The van der Waals surface area contributed by atoms with Crippen LogP contribution in [0.15, 0.2) is 42.5 Å². The summed E-state index contributed by atoms with van der Waals surface area (Å²) >= 11 is 0. The Morgan fingerprint density at radius 1 is 1.03 bits per heavy atom. The zero-order chi connectivity index (χ0) is 23.2. The van der Waals surface area contributed by atoms with Crippen LogP contribution in [0.25, 0.3) is 10.8 Å². The highest BCUT2D eigenvalue weighted by molar-refractivity contribution is 5.93. The van der Waals surface area contributed by atoms with E-state index in [1.165, 1.54) is 7.05 Å². The minimum atomic E-state index is -4.15. The van der Waals surface area contributed by atoms with Crippen molar-refractivity contribution in [2.45, 2.75) is 38.7 Å². The summed E-state index contributed by atoms with van der Waals surface area (Å²) in [5.41, 5.74) is 1.64. The molecule has 2 aromatic carbocycles. The number of likely N-dealkylation sites (N-methyl/N-ethyl adjacent to an activating group) is 1. The molecular formula is C22H27F2N3O4. The van der Waals surface area contributed by atoms with E-state index in [1.807, 2.05) is 36.4 Å². The van der Waals surface area contributed by atoms with Gasteiger partial charge < -0.3 is 10.6 Å². The number of hydroxylamine groups is 1. The Bertz CT molecular complexity index is 949. The second kappa shape index (κ2) is 10.3. The first-order valence-corrected chi connectivity index (χ1v) is 9.92. The van der Waals surface area contributed by atoms with E-state index in [-0.39, 0.29) is 18.8 Å². The number of amides is 3. The molecule has 0 aliphatic heterocycles. The minimum absolute atomic E-state index is 0.0718. The molecule has 168 valence electrons. The van der Waals surface area contributed by atoms with Crippen molar-refractivity contribution in [3.8, 4) is 0 Å². The maximum absolute atomic E-state index is 14.5. The van der Waals surface area contributed by atoms with Gasteiger partial charge in [-0.3, -0.25) is 19.6 Å². The number of nitrogens with one attached hydrogen (secondary N) is 3. The molecule has 0 unspecified atom stereocenters. The van der Waals surface area contributed by atoms with Crippen molar-refractivity contribution in [1.82, 2.24) is 16.1 Å². The zero-order valence-corrected chi connectivity index (χ0v) is 17.6. The van der Waals surface area contributed by atoms with Gasteiger partial charge in [0.1, 0.15) is 12.0 Å². The van der Waals surface area contributed by atoms with Crippen molar-refractivity contribution < 1.29 is 28.4 Å². The summed E-state index contributed by atoms with van der Waals surface area (Å²) in [7, 11) is 1.38. The fourth-order valence-electron chi connectivity index (χ4n) is 3.38. The smallest absolute Gasteiger partial charge is 0.338 e. The molecule has 4 N–H and O–H groups in total. The van der Waals surface area contributed by atoms with Gasteiger partial charge in [0, 0.05) is 13.5 Å². The fraction of sp³-hybridized carbons (Fsp3) is 0.409. The molecule has 0 aromatic heterocycles. The molecule has 7 nitrogen and oxygen atoms in total. The van der Waals surface area contributed by atoms with E-state index in [0.717, 1.165) is 21.8 Å². The van der Waals surface area contributed by atoms with Crippen molar-refractivity contribution >= 4 is 28.5 Å². The van der Waals surface area contributed by atoms with Crippen LogP contribution in [0.4, 0.5) is 8.78 Å². The highest BCUT2D eigenvalue weighted by Crippen LogP contribution is 2.31. The molecule has 2 aromatic rings. The number of alkyl halides is 2. The van der Waals surface area contributed by atoms with Crippen molar-refractivity contribution in [2.24, 2.45) is 11.8 Å². The van der Waals surface area contributed by atoms with Crippen LogP contribution >= 0.6 is 0 Å². The van der Waals surface area contributed by atoms with Crippen LogP contribution in [0.2, 0.25) is 0 Å². The summed E-state index contributed by atoms with van der Waals surface area (Å²) in [6.45, 7) is 3.25. The first kappa shape index (κ1) is 24.2. The Kier molecular flexibility index (Phi) is 8.04. The lowest BCUT2D eigenvalue weighted by atomic mass is 9.89. The number of rotatable bonds is 9. The van der Waals surface area contributed by atoms with E-state index in [1.54, 1.807) is 19.9 Å². The van der Waals surface area contributed by atoms with Crippen LogP contribution in [0.3, 0.4) is 0 Å². The van der Waals surface area contributed by atoms with E-state index in [4.69, 9.17) is 5.21 Å². The quantitative estimate of drug-likeness (QED) is 0.358. The van der Waals surface area contributed by atoms with Crippen molar-refractivity contribution in [2.75, 3.05) is 7.05 Å². The average molecular weight is 435 g/mol. The van der Waals surface area contributed by atoms with Crippen molar-refractivity contribution in [3.63, 3.8) is 0 Å². The summed E-state index contributed by atoms with van der Waals surface area (Å²) in [6.07, 6.45) is -0.245. The zero-order valence-electron chi connectivity index (χ0n) is 17.6. The highest BCUT2D eigenvalue weighted by Gasteiger charge is 2.51. The summed E-state index contributed by atoms with van der Waals surface area (Å²) in [4.78, 5) is 36.6. The molecule has 2 atom stereocenters. The molecule has 0 heterocycles. The number of carbonyl (C=O) groups excluding carboxylic acids is 3. The molecule has 0 fully saturated rings. The predicted octanol–water partition coefficient (Wildman–Crippen LogP) is 2.42. The maximum atomic E-state index is 14.5. The van der Waals surface area contributed by atoms with Crippen LogP contribution in [0.1, 0.15) is 25.8 Å². The Labute approximate surface area is 179 Å². The first-order chi connectivity index (χ1) is 14.6. The van der Waals surface area contributed by atoms with Gasteiger partial charge >= 0.3 is 11.8 Å². The number of hydrogen-bond donors (Lipinski definition) is 4. The van der Waals surface area contributed by atoms with Crippen LogP contribution in [-0.4, -0.2) is 41.9 Å². The van der Waals surface area contributed by atoms with Crippen LogP contribution in [0.5, 0.6) is 0 Å². The number of fused-ring (bicyclic) bond motifs is 1. The first-order valence-electron chi connectivity index (χ1n) is 9.92. The Morgan fingerprint density at radius 2 is 1.68 bits per heavy atom. The van der Waals surface area contributed by atoms with Gasteiger partial charge in [0.2, 0.25) is 11.8 Å². The molecule has 0 saturated heterocycles. The van der Waals surface area contributed by atoms with Crippen LogP contribution in [-0.2, 0) is 20.8 Å². The van der Waals surface area contributed by atoms with E-state index in [9.17, 15) is 23.2 Å². The van der Waals surface area contributed by atoms with Gasteiger partial charge in [-0.25, -0.2) is 5.48 Å². The van der Waals surface area contributed by atoms with Gasteiger partial charge in [-0.1, -0.05) is 56.3 Å². The summed E-state index contributed by atoms with van der Waals surface area (Å²) in [5, 5.41) is 15.4. The molecule has 0 spiro atoms. The lowest BCUT2D eigenvalue weighted by Gasteiger charge is -2.27. The number of benzene rings is 2. The van der Waals surface area contributed by atoms with Crippen LogP contribution in [0, 0.1) is 11.8 Å². The number of carbonyl (C=O) groups is 3. The molecule has 2 rings (SSSR count). The molecule has 0 aliphatic carbocycles. The standard InChI is InChI=1S/C22H27F2N3O4/c1-13(2)10-17(22(23,24)21(30)27-31)19(28)26-18(20(29)25-3)12-14-8-9-15-6-4-5-7-16(15)11-14/h4-9,11,13,17-18,31H,10,12H2,1-3H3,(H,25,29)(H,26,28)(H,27,30)/t17-,18-/m0/s1. The number of halogens is 2. The lowest BCUT2D eigenvalue weighted by molar-refractivity contribution is -0.169. The van der Waals surface area contributed by atoms with Gasteiger partial charge in [-0.15, -0.1) is 0 Å². The number of hydrogen-bond acceptors (Lipinski definition) is 4. The maximum Gasteiger partial charge on any atom is 0.338 e. The minimum Gasteiger partial charge on any atom is -0.357 e. The molecule has 0 saturated carbocycles. The van der Waals surface area contributed by atoms with Crippen molar-refractivity contribution in [1.29, 1.82) is 0 Å². The molecule has 0 bridgehead atoms. The average Bonchev–Trinajstić information content (AvgIpc) is 2.75. The van der Waals surface area contributed by atoms with Gasteiger partial charge in [0.05, 0.1) is 0 Å². The van der Waals surface area contributed by atoms with E-state index < -0.39 is 35.6 Å². The third-order valence-electron chi connectivity index (χ3n) is 5.00. The summed E-state index contributed by atoms with van der Waals surface area (Å²) in [5.74, 6) is -10.2. The molecule has 0 aliphatic rings. The molecule has 9 heteroatoms. The van der Waals surface area contributed by atoms with E-state index in [0.29, 0.717) is 0 Å². The predicted molar refractivity (Wildman–Crippen MR) is 111 cm³/mol. The largest absolute Gasteiger partial charge is 0.357 e. The molecule has 3 amide bonds. The summed E-state index contributed by atoms with van der Waals surface area (Å²) in [6, 6.07) is 12.0. The van der Waals surface area contributed by atoms with Gasteiger partial charge in [-0.05, 0) is 28.7 Å². The monoisotopic (exact) mass is 435 g/mol. The normalized spacial score (nSPS) is 13.5. The second-order valence-electron chi connectivity index (χ2n) is 7.81. The summed E-state index contributed by atoms with van der Waals surface area (Å²) < 4.78 is 29.0.